The van der Waals surface area contributed by atoms with Crippen LogP contribution in [0.25, 0.3) is 0 Å². The molecule has 8 nitrogen and oxygen atoms in total. The molecule has 0 bridgehead atoms. The van der Waals surface area contributed by atoms with Gasteiger partial charge >= 0.3 is 11.1 Å². The highest BCUT2D eigenvalue weighted by Crippen LogP contribution is 2.28. The number of carbonyl (C=O) groups is 1. The van der Waals surface area contributed by atoms with E-state index in [0.717, 1.165) is 28.8 Å². The maximum absolute atomic E-state index is 13.3. The van der Waals surface area contributed by atoms with Crippen LogP contribution in [-0.4, -0.2) is 33.3 Å². The van der Waals surface area contributed by atoms with E-state index in [9.17, 15) is 18.8 Å². The van der Waals surface area contributed by atoms with Crippen molar-refractivity contribution in [3.8, 4) is 0 Å². The first-order chi connectivity index (χ1) is 15.0. The van der Waals surface area contributed by atoms with Gasteiger partial charge in [0.1, 0.15) is 12.4 Å². The average Bonchev–Trinajstić information content (AvgIpc) is 3.21. The van der Waals surface area contributed by atoms with E-state index in [1.807, 2.05) is 24.3 Å². The summed E-state index contributed by atoms with van der Waals surface area (Å²) in [6, 6.07) is 13.5. The number of para-hydroxylation sites is 1. The van der Waals surface area contributed by atoms with Crippen molar-refractivity contribution < 1.29 is 9.18 Å². The summed E-state index contributed by atoms with van der Waals surface area (Å²) in [5, 5.41) is 4.34. The van der Waals surface area contributed by atoms with Gasteiger partial charge in [0, 0.05) is 31.0 Å². The Kier molecular flexibility index (Phi) is 4.65. The molecule has 0 atom stereocenters. The van der Waals surface area contributed by atoms with Crippen LogP contribution in [0.15, 0.2) is 58.1 Å². The molecule has 1 amide bonds. The smallest absolute Gasteiger partial charge is 0.311 e. The molecule has 0 radical (unpaired) electrons. The number of nitrogens with zero attached hydrogens (tertiary/aromatic N) is 5. The number of hydrogen-bond donors (Lipinski definition) is 0. The molecule has 1 aromatic heterocycles. The van der Waals surface area contributed by atoms with Gasteiger partial charge in [0.05, 0.1) is 0 Å². The average molecular weight is 421 g/mol. The zero-order chi connectivity index (χ0) is 21.5. The summed E-state index contributed by atoms with van der Waals surface area (Å²) in [5.74, 6) is -0.397. The largest absolute Gasteiger partial charge is 0.333 e. The van der Waals surface area contributed by atoms with Crippen molar-refractivity contribution in [3.63, 3.8) is 0 Å². The Labute approximate surface area is 176 Å². The lowest BCUT2D eigenvalue weighted by molar-refractivity contribution is -0.119. The van der Waals surface area contributed by atoms with E-state index < -0.39 is 11.1 Å². The quantitative estimate of drug-likeness (QED) is 0.601. The summed E-state index contributed by atoms with van der Waals surface area (Å²) < 4.78 is 15.5. The van der Waals surface area contributed by atoms with Crippen LogP contribution in [0.5, 0.6) is 0 Å². The summed E-state index contributed by atoms with van der Waals surface area (Å²) in [6.45, 7) is 0.941. The highest BCUT2D eigenvalue weighted by atomic mass is 19.1. The first-order valence-corrected chi connectivity index (χ1v) is 10.2. The first kappa shape index (κ1) is 19.2. The van der Waals surface area contributed by atoms with E-state index in [2.05, 4.69) is 5.10 Å². The number of anilines is 3. The third kappa shape index (κ3) is 3.31. The Hall–Kier alpha value is -3.75. The maximum atomic E-state index is 13.3. The lowest BCUT2D eigenvalue weighted by Gasteiger charge is -2.29. The number of carbonyl (C=O) groups excluding carboxylic acids is 1. The number of hydrogen-bond acceptors (Lipinski definition) is 5. The SMILES string of the molecule is O=C(Cn1nc2n(c(=O)c1=O)CCN2c1ccc(F)cc1)N1CCCc2ccccc21. The van der Waals surface area contributed by atoms with Crippen LogP contribution in [0.4, 0.5) is 21.7 Å². The third-order valence-corrected chi connectivity index (χ3v) is 5.74. The van der Waals surface area contributed by atoms with Gasteiger partial charge in [-0.05, 0) is 48.7 Å². The molecule has 5 rings (SSSR count). The molecule has 2 aliphatic heterocycles. The molecule has 2 aliphatic rings. The first-order valence-electron chi connectivity index (χ1n) is 10.2. The molecule has 0 saturated carbocycles. The normalized spacial score (nSPS) is 15.0. The highest BCUT2D eigenvalue weighted by molar-refractivity contribution is 5.94. The fourth-order valence-electron chi connectivity index (χ4n) is 4.20. The minimum atomic E-state index is -0.830. The zero-order valence-corrected chi connectivity index (χ0v) is 16.7. The standard InChI is InChI=1S/C22H20FN5O3/c23-16-7-9-17(10-8-16)25-12-13-27-20(30)21(31)28(24-22(25)27)14-19(29)26-11-3-5-15-4-1-2-6-18(15)26/h1-2,4,6-10H,3,5,11-14H2. The molecule has 158 valence electrons. The minimum absolute atomic E-state index is 0.267. The van der Waals surface area contributed by atoms with Gasteiger partial charge in [0.2, 0.25) is 11.9 Å². The van der Waals surface area contributed by atoms with Crippen molar-refractivity contribution >= 4 is 23.2 Å². The van der Waals surface area contributed by atoms with Crippen molar-refractivity contribution in [2.45, 2.75) is 25.9 Å². The number of halogens is 1. The van der Waals surface area contributed by atoms with Crippen LogP contribution in [0.3, 0.4) is 0 Å². The Balaban J connectivity index is 1.49. The van der Waals surface area contributed by atoms with E-state index in [-0.39, 0.29) is 24.2 Å². The number of aryl methyl sites for hydroxylation is 1. The summed E-state index contributed by atoms with van der Waals surface area (Å²) in [4.78, 5) is 41.7. The van der Waals surface area contributed by atoms with Gasteiger partial charge in [-0.25, -0.2) is 9.07 Å². The molecule has 3 heterocycles. The van der Waals surface area contributed by atoms with Gasteiger partial charge < -0.3 is 9.80 Å². The molecule has 0 aliphatic carbocycles. The molecule has 0 unspecified atom stereocenters. The Morgan fingerprint density at radius 3 is 2.55 bits per heavy atom. The van der Waals surface area contributed by atoms with Crippen LogP contribution in [0.1, 0.15) is 12.0 Å². The van der Waals surface area contributed by atoms with Gasteiger partial charge in [-0.2, -0.15) is 0 Å². The maximum Gasteiger partial charge on any atom is 0.333 e. The molecular formula is C22H20FN5O3. The molecule has 0 spiro atoms. The van der Waals surface area contributed by atoms with Gasteiger partial charge in [-0.3, -0.25) is 19.0 Å². The molecule has 9 heteroatoms. The topological polar surface area (TPSA) is 80.4 Å². The number of benzene rings is 2. The molecule has 0 N–H and O–H groups in total. The fourth-order valence-corrected chi connectivity index (χ4v) is 4.20. The second-order valence-corrected chi connectivity index (χ2v) is 7.63. The Bertz CT molecular complexity index is 1280. The van der Waals surface area contributed by atoms with Gasteiger partial charge in [0.25, 0.3) is 0 Å². The number of amides is 1. The van der Waals surface area contributed by atoms with Crippen molar-refractivity contribution in [2.24, 2.45) is 0 Å². The number of aromatic nitrogens is 3. The fraction of sp³-hybridized carbons (Fsp3) is 0.273. The van der Waals surface area contributed by atoms with E-state index in [1.165, 1.54) is 16.7 Å². The molecular weight excluding hydrogens is 401 g/mol. The molecule has 31 heavy (non-hydrogen) atoms. The lowest BCUT2D eigenvalue weighted by Crippen LogP contribution is -2.46. The predicted molar refractivity (Wildman–Crippen MR) is 113 cm³/mol. The minimum Gasteiger partial charge on any atom is -0.311 e. The summed E-state index contributed by atoms with van der Waals surface area (Å²) in [5.41, 5.74) is 1.02. The molecule has 2 aromatic carbocycles. The summed E-state index contributed by atoms with van der Waals surface area (Å²) in [6.07, 6.45) is 1.72. The summed E-state index contributed by atoms with van der Waals surface area (Å²) >= 11 is 0. The Morgan fingerprint density at radius 1 is 0.968 bits per heavy atom. The molecule has 3 aromatic rings. The number of fused-ring (bicyclic) bond motifs is 2. The van der Waals surface area contributed by atoms with E-state index in [1.54, 1.807) is 21.9 Å². The van der Waals surface area contributed by atoms with Crippen LogP contribution in [-0.2, 0) is 24.3 Å². The third-order valence-electron chi connectivity index (χ3n) is 5.74. The van der Waals surface area contributed by atoms with Crippen LogP contribution >= 0.6 is 0 Å². The van der Waals surface area contributed by atoms with Crippen LogP contribution < -0.4 is 20.9 Å². The van der Waals surface area contributed by atoms with Crippen LogP contribution in [0, 0.1) is 5.82 Å². The predicted octanol–water partition coefficient (Wildman–Crippen LogP) is 1.68. The van der Waals surface area contributed by atoms with Crippen molar-refractivity contribution in [2.75, 3.05) is 22.9 Å². The Morgan fingerprint density at radius 2 is 1.74 bits per heavy atom. The van der Waals surface area contributed by atoms with E-state index >= 15 is 0 Å². The van der Waals surface area contributed by atoms with Crippen molar-refractivity contribution in [1.29, 1.82) is 0 Å². The van der Waals surface area contributed by atoms with Crippen molar-refractivity contribution in [3.05, 3.63) is 80.6 Å². The highest BCUT2D eigenvalue weighted by Gasteiger charge is 2.28. The van der Waals surface area contributed by atoms with Crippen LogP contribution in [0.2, 0.25) is 0 Å². The van der Waals surface area contributed by atoms with Gasteiger partial charge in [0.15, 0.2) is 0 Å². The van der Waals surface area contributed by atoms with E-state index in [0.29, 0.717) is 25.3 Å². The zero-order valence-electron chi connectivity index (χ0n) is 16.7. The van der Waals surface area contributed by atoms with Gasteiger partial charge in [-0.15, -0.1) is 5.10 Å². The van der Waals surface area contributed by atoms with E-state index in [4.69, 9.17) is 0 Å². The molecule has 0 fully saturated rings. The second kappa shape index (κ2) is 7.50. The number of rotatable bonds is 3. The monoisotopic (exact) mass is 421 g/mol. The van der Waals surface area contributed by atoms with Crippen molar-refractivity contribution in [1.82, 2.24) is 14.3 Å². The summed E-state index contributed by atoms with van der Waals surface area (Å²) in [7, 11) is 0. The lowest BCUT2D eigenvalue weighted by atomic mass is 10.0. The molecule has 0 saturated heterocycles. The van der Waals surface area contributed by atoms with Gasteiger partial charge in [-0.1, -0.05) is 18.2 Å². The second-order valence-electron chi connectivity index (χ2n) is 7.63.